The molecule has 3 N–H and O–H groups in total. The van der Waals surface area contributed by atoms with Crippen LogP contribution in [0.25, 0.3) is 11.2 Å². The normalized spacial score (nSPS) is 12.3. The zero-order valence-corrected chi connectivity index (χ0v) is 16.2. The van der Waals surface area contributed by atoms with E-state index in [4.69, 9.17) is 4.74 Å². The van der Waals surface area contributed by atoms with Gasteiger partial charge in [-0.3, -0.25) is 14.3 Å². The Morgan fingerprint density at radius 1 is 1.29 bits per heavy atom. The van der Waals surface area contributed by atoms with Crippen LogP contribution in [0.1, 0.15) is 18.9 Å². The molecule has 0 saturated carbocycles. The number of fused-ring (bicyclic) bond motifs is 1. The van der Waals surface area contributed by atoms with Gasteiger partial charge in [0.15, 0.2) is 11.2 Å². The molecule has 0 fully saturated rings. The maximum atomic E-state index is 12.4. The van der Waals surface area contributed by atoms with Gasteiger partial charge in [-0.2, -0.15) is 4.98 Å². The highest BCUT2D eigenvalue weighted by Gasteiger charge is 2.19. The van der Waals surface area contributed by atoms with Crippen LogP contribution in [0.15, 0.2) is 33.9 Å². The smallest absolute Gasteiger partial charge is 0.329 e. The molecule has 2 heterocycles. The average Bonchev–Trinajstić information content (AvgIpc) is 3.03. The fourth-order valence-electron chi connectivity index (χ4n) is 2.87. The molecule has 3 rings (SSSR count). The molecule has 1 atom stereocenters. The van der Waals surface area contributed by atoms with E-state index in [9.17, 15) is 14.7 Å². The van der Waals surface area contributed by atoms with Crippen molar-refractivity contribution in [2.24, 2.45) is 7.05 Å². The molecule has 0 bridgehead atoms. The molecule has 9 nitrogen and oxygen atoms in total. The lowest BCUT2D eigenvalue weighted by molar-refractivity contribution is 0.0938. The lowest BCUT2D eigenvalue weighted by Crippen LogP contribution is -2.31. The van der Waals surface area contributed by atoms with Crippen LogP contribution in [-0.2, 0) is 13.6 Å². The minimum atomic E-state index is -0.877. The number of rotatable bonds is 8. The Balaban J connectivity index is 1.87. The molecule has 0 aliphatic carbocycles. The van der Waals surface area contributed by atoms with Gasteiger partial charge >= 0.3 is 5.69 Å². The van der Waals surface area contributed by atoms with Gasteiger partial charge in [-0.05, 0) is 25.5 Å². The quantitative estimate of drug-likeness (QED) is 0.531. The molecule has 0 spiro atoms. The SMILES string of the molecule is CCCNc1nc2c(c(=O)[nH]c(=O)n2C)n1C[C@@H](O)COc1ccc(C)cc1. The van der Waals surface area contributed by atoms with Crippen molar-refractivity contribution < 1.29 is 9.84 Å². The summed E-state index contributed by atoms with van der Waals surface area (Å²) in [6.07, 6.45) is -0.0186. The Morgan fingerprint density at radius 3 is 2.68 bits per heavy atom. The topological polar surface area (TPSA) is 114 Å². The van der Waals surface area contributed by atoms with Gasteiger partial charge in [0.1, 0.15) is 18.5 Å². The average molecular weight is 387 g/mol. The van der Waals surface area contributed by atoms with Crippen LogP contribution in [0, 0.1) is 6.92 Å². The van der Waals surface area contributed by atoms with Crippen molar-refractivity contribution in [1.29, 1.82) is 0 Å². The summed E-state index contributed by atoms with van der Waals surface area (Å²) in [4.78, 5) is 30.9. The minimum Gasteiger partial charge on any atom is -0.491 e. The number of ether oxygens (including phenoxy) is 1. The summed E-state index contributed by atoms with van der Waals surface area (Å²) in [5.41, 5.74) is 0.539. The molecule has 0 amide bonds. The Bertz CT molecular complexity index is 1060. The van der Waals surface area contributed by atoms with Crippen LogP contribution in [0.2, 0.25) is 0 Å². The molecule has 0 saturated heterocycles. The summed E-state index contributed by atoms with van der Waals surface area (Å²) < 4.78 is 8.50. The second kappa shape index (κ2) is 8.30. The van der Waals surface area contributed by atoms with Crippen LogP contribution in [0.4, 0.5) is 5.95 Å². The lowest BCUT2D eigenvalue weighted by Gasteiger charge is -2.16. The first-order valence-corrected chi connectivity index (χ1v) is 9.21. The lowest BCUT2D eigenvalue weighted by atomic mass is 10.2. The molecule has 28 heavy (non-hydrogen) atoms. The summed E-state index contributed by atoms with van der Waals surface area (Å²) in [7, 11) is 1.54. The van der Waals surface area contributed by atoms with Gasteiger partial charge in [0.25, 0.3) is 5.56 Å². The first-order valence-electron chi connectivity index (χ1n) is 9.21. The molecule has 9 heteroatoms. The number of aliphatic hydroxyl groups excluding tert-OH is 1. The van der Waals surface area contributed by atoms with Crippen LogP contribution in [-0.4, -0.2) is 43.5 Å². The Hall–Kier alpha value is -3.07. The minimum absolute atomic E-state index is 0.0552. The summed E-state index contributed by atoms with van der Waals surface area (Å²) >= 11 is 0. The molecule has 0 unspecified atom stereocenters. The molecule has 0 radical (unpaired) electrons. The van der Waals surface area contributed by atoms with E-state index in [2.05, 4.69) is 15.3 Å². The van der Waals surface area contributed by atoms with Gasteiger partial charge in [-0.25, -0.2) is 4.79 Å². The van der Waals surface area contributed by atoms with Gasteiger partial charge in [0.2, 0.25) is 5.95 Å². The van der Waals surface area contributed by atoms with E-state index in [-0.39, 0.29) is 24.3 Å². The van der Waals surface area contributed by atoms with Gasteiger partial charge in [-0.15, -0.1) is 0 Å². The number of aromatic amines is 1. The maximum absolute atomic E-state index is 12.4. The van der Waals surface area contributed by atoms with Crippen molar-refractivity contribution in [2.45, 2.75) is 32.9 Å². The second-order valence-electron chi connectivity index (χ2n) is 6.74. The Kier molecular flexibility index (Phi) is 5.84. The largest absolute Gasteiger partial charge is 0.491 e. The standard InChI is InChI=1S/C19H25N5O4/c1-4-9-20-18-21-16-15(17(26)22-19(27)23(16)3)24(18)10-13(25)11-28-14-7-5-12(2)6-8-14/h5-8,13,25H,4,9-11H2,1-3H3,(H,20,21)(H,22,26,27)/t13-/m1/s1. The van der Waals surface area contributed by atoms with E-state index in [0.717, 1.165) is 12.0 Å². The Labute approximate surface area is 161 Å². The van der Waals surface area contributed by atoms with E-state index in [1.54, 1.807) is 11.6 Å². The fraction of sp³-hybridized carbons (Fsp3) is 0.421. The van der Waals surface area contributed by atoms with Crippen molar-refractivity contribution in [2.75, 3.05) is 18.5 Å². The highest BCUT2D eigenvalue weighted by molar-refractivity contribution is 5.74. The third-order valence-corrected chi connectivity index (χ3v) is 4.40. The number of aromatic nitrogens is 4. The second-order valence-corrected chi connectivity index (χ2v) is 6.74. The van der Waals surface area contributed by atoms with Crippen LogP contribution < -0.4 is 21.3 Å². The van der Waals surface area contributed by atoms with Crippen LogP contribution >= 0.6 is 0 Å². The fourth-order valence-corrected chi connectivity index (χ4v) is 2.87. The van der Waals surface area contributed by atoms with Crippen LogP contribution in [0.3, 0.4) is 0 Å². The molecule has 0 aliphatic heterocycles. The molecule has 150 valence electrons. The van der Waals surface area contributed by atoms with E-state index in [1.165, 1.54) is 4.57 Å². The van der Waals surface area contributed by atoms with Crippen molar-refractivity contribution >= 4 is 17.1 Å². The van der Waals surface area contributed by atoms with Gasteiger partial charge in [0, 0.05) is 13.6 Å². The number of aliphatic hydroxyl groups is 1. The van der Waals surface area contributed by atoms with Gasteiger partial charge in [0.05, 0.1) is 6.54 Å². The summed E-state index contributed by atoms with van der Waals surface area (Å²) in [6.45, 7) is 4.78. The predicted octanol–water partition coefficient (Wildman–Crippen LogP) is 0.994. The zero-order chi connectivity index (χ0) is 20.3. The van der Waals surface area contributed by atoms with E-state index in [0.29, 0.717) is 18.2 Å². The van der Waals surface area contributed by atoms with E-state index >= 15 is 0 Å². The summed E-state index contributed by atoms with van der Waals surface area (Å²) in [5.74, 6) is 1.09. The molecule has 3 aromatic rings. The van der Waals surface area contributed by atoms with Crippen molar-refractivity contribution in [3.05, 3.63) is 50.7 Å². The number of nitrogens with zero attached hydrogens (tertiary/aromatic N) is 3. The van der Waals surface area contributed by atoms with Gasteiger partial charge in [-0.1, -0.05) is 24.6 Å². The number of H-pyrrole nitrogens is 1. The molecule has 1 aromatic carbocycles. The highest BCUT2D eigenvalue weighted by Crippen LogP contribution is 2.17. The zero-order valence-electron chi connectivity index (χ0n) is 16.2. The number of hydrogen-bond donors (Lipinski definition) is 3. The number of anilines is 1. The van der Waals surface area contributed by atoms with Gasteiger partial charge < -0.3 is 19.7 Å². The molecular weight excluding hydrogens is 362 g/mol. The van der Waals surface area contributed by atoms with E-state index < -0.39 is 17.4 Å². The first kappa shape index (κ1) is 19.7. The number of nitrogens with one attached hydrogen (secondary N) is 2. The number of hydrogen-bond acceptors (Lipinski definition) is 6. The van der Waals surface area contributed by atoms with Crippen molar-refractivity contribution in [3.8, 4) is 5.75 Å². The van der Waals surface area contributed by atoms with E-state index in [1.807, 2.05) is 38.1 Å². The number of imidazole rings is 1. The Morgan fingerprint density at radius 2 is 2.00 bits per heavy atom. The maximum Gasteiger partial charge on any atom is 0.329 e. The van der Waals surface area contributed by atoms with Crippen molar-refractivity contribution in [3.63, 3.8) is 0 Å². The third kappa shape index (κ3) is 4.09. The molecule has 2 aromatic heterocycles. The highest BCUT2D eigenvalue weighted by atomic mass is 16.5. The predicted molar refractivity (Wildman–Crippen MR) is 107 cm³/mol. The summed E-state index contributed by atoms with van der Waals surface area (Å²) in [6, 6.07) is 7.53. The molecule has 0 aliphatic rings. The monoisotopic (exact) mass is 387 g/mol. The summed E-state index contributed by atoms with van der Waals surface area (Å²) in [5, 5.41) is 13.6. The number of benzene rings is 1. The number of aryl methyl sites for hydroxylation is 2. The molecular formula is C19H25N5O4. The third-order valence-electron chi connectivity index (χ3n) is 4.40. The van der Waals surface area contributed by atoms with Crippen LogP contribution in [0.5, 0.6) is 5.75 Å². The van der Waals surface area contributed by atoms with Crippen molar-refractivity contribution in [1.82, 2.24) is 19.1 Å². The first-order chi connectivity index (χ1) is 13.4.